The lowest BCUT2D eigenvalue weighted by Crippen LogP contribution is -2.18. The van der Waals surface area contributed by atoms with Crippen molar-refractivity contribution >= 4 is 47.9 Å². The Hall–Kier alpha value is -3.69. The fourth-order valence-electron chi connectivity index (χ4n) is 4.19. The summed E-state index contributed by atoms with van der Waals surface area (Å²) in [5.74, 6) is -0.302. The summed E-state index contributed by atoms with van der Waals surface area (Å²) < 4.78 is 52.8. The smallest absolute Gasteiger partial charge is 0.261 e. The van der Waals surface area contributed by atoms with Gasteiger partial charge in [-0.1, -0.05) is 36.4 Å². The second-order valence-electron chi connectivity index (χ2n) is 8.39. The number of fused-ring (bicyclic) bond motifs is 2. The molecule has 5 rings (SSSR count). The third-order valence-corrected chi connectivity index (χ3v) is 9.19. The molecule has 0 fully saturated rings. The minimum Gasteiger partial charge on any atom is -0.322 e. The van der Waals surface area contributed by atoms with Crippen molar-refractivity contribution in [3.8, 4) is 0 Å². The lowest BCUT2D eigenvalue weighted by atomic mass is 10.1. The van der Waals surface area contributed by atoms with Crippen LogP contribution < -0.4 is 10.0 Å². The van der Waals surface area contributed by atoms with Gasteiger partial charge < -0.3 is 5.32 Å². The van der Waals surface area contributed by atoms with Gasteiger partial charge in [0.15, 0.2) is 9.84 Å². The van der Waals surface area contributed by atoms with Gasteiger partial charge in [-0.15, -0.1) is 0 Å². The first-order chi connectivity index (χ1) is 16.7. The van der Waals surface area contributed by atoms with Crippen molar-refractivity contribution in [1.29, 1.82) is 0 Å². The number of aryl methyl sites for hydroxylation is 1. The molecule has 7 nitrogen and oxygen atoms in total. The highest BCUT2D eigenvalue weighted by atomic mass is 32.2. The molecule has 1 heterocycles. The lowest BCUT2D eigenvalue weighted by Gasteiger charge is -2.17. The van der Waals surface area contributed by atoms with Crippen LogP contribution in [0.5, 0.6) is 0 Å². The van der Waals surface area contributed by atoms with E-state index in [1.165, 1.54) is 18.2 Å². The zero-order chi connectivity index (χ0) is 24.6. The molecule has 1 aliphatic rings. The second-order valence-corrected chi connectivity index (χ2v) is 12.2. The van der Waals surface area contributed by atoms with Crippen molar-refractivity contribution in [1.82, 2.24) is 0 Å². The third-order valence-electron chi connectivity index (χ3n) is 5.92. The monoisotopic (exact) mass is 506 g/mol. The first-order valence-electron chi connectivity index (χ1n) is 11.0. The van der Waals surface area contributed by atoms with Crippen molar-refractivity contribution in [2.75, 3.05) is 15.8 Å². The van der Waals surface area contributed by atoms with Gasteiger partial charge in [0.1, 0.15) is 0 Å². The summed E-state index contributed by atoms with van der Waals surface area (Å²) >= 11 is 0. The van der Waals surface area contributed by atoms with Crippen LogP contribution in [-0.2, 0) is 26.3 Å². The number of sulfonamides is 1. The molecule has 4 aromatic rings. The highest BCUT2D eigenvalue weighted by molar-refractivity contribution is 7.92. The molecule has 1 amide bonds. The summed E-state index contributed by atoms with van der Waals surface area (Å²) in [5.41, 5.74) is 1.68. The summed E-state index contributed by atoms with van der Waals surface area (Å²) in [6, 6.07) is 23.3. The Balaban J connectivity index is 1.35. The van der Waals surface area contributed by atoms with Crippen molar-refractivity contribution in [2.45, 2.75) is 22.6 Å². The predicted octanol–water partition coefficient (Wildman–Crippen LogP) is 4.61. The van der Waals surface area contributed by atoms with Crippen molar-refractivity contribution < 1.29 is 21.6 Å². The molecule has 0 spiro atoms. The molecule has 4 aromatic carbocycles. The average Bonchev–Trinajstić information content (AvgIpc) is 2.83. The Morgan fingerprint density at radius 2 is 1.60 bits per heavy atom. The molecule has 178 valence electrons. The van der Waals surface area contributed by atoms with Gasteiger partial charge >= 0.3 is 0 Å². The van der Waals surface area contributed by atoms with Gasteiger partial charge in [-0.2, -0.15) is 0 Å². The number of rotatable bonds is 5. The molecular formula is C26H22N2O5S2. The van der Waals surface area contributed by atoms with E-state index in [9.17, 15) is 21.6 Å². The summed E-state index contributed by atoms with van der Waals surface area (Å²) in [4.78, 5) is 13.3. The summed E-state index contributed by atoms with van der Waals surface area (Å²) in [6.45, 7) is 0. The minimum atomic E-state index is -3.87. The maximum Gasteiger partial charge on any atom is 0.261 e. The van der Waals surface area contributed by atoms with Crippen LogP contribution in [0.4, 0.5) is 11.4 Å². The Morgan fingerprint density at radius 1 is 0.800 bits per heavy atom. The molecule has 0 unspecified atom stereocenters. The van der Waals surface area contributed by atoms with E-state index in [-0.39, 0.29) is 21.9 Å². The highest BCUT2D eigenvalue weighted by Gasteiger charge is 2.24. The van der Waals surface area contributed by atoms with E-state index in [0.29, 0.717) is 29.0 Å². The van der Waals surface area contributed by atoms with Gasteiger partial charge in [0.05, 0.1) is 15.5 Å². The van der Waals surface area contributed by atoms with Crippen molar-refractivity contribution in [2.24, 2.45) is 0 Å². The highest BCUT2D eigenvalue weighted by Crippen LogP contribution is 2.28. The number of amides is 1. The largest absolute Gasteiger partial charge is 0.322 e. The van der Waals surface area contributed by atoms with Gasteiger partial charge in [-0.3, -0.25) is 9.52 Å². The quantitative estimate of drug-likeness (QED) is 0.411. The Bertz CT molecular complexity index is 1680. The molecule has 0 aromatic heterocycles. The maximum absolute atomic E-state index is 12.9. The van der Waals surface area contributed by atoms with Crippen LogP contribution in [0.2, 0.25) is 0 Å². The van der Waals surface area contributed by atoms with Gasteiger partial charge in [0.25, 0.3) is 15.9 Å². The van der Waals surface area contributed by atoms with E-state index in [1.807, 2.05) is 24.3 Å². The standard InChI is InChI=1S/C26H22N2O5S2/c29-26(27-22-11-13-25-20(15-22)8-4-14-34(25,30)31)21-7-3-9-23(16-21)28-35(32,33)24-12-10-18-5-1-2-6-19(18)17-24/h1-3,5-7,9-13,15-17,28H,4,8,14H2,(H,27,29). The van der Waals surface area contributed by atoms with Crippen molar-refractivity contribution in [3.63, 3.8) is 0 Å². The van der Waals surface area contributed by atoms with E-state index in [2.05, 4.69) is 10.0 Å². The molecule has 2 N–H and O–H groups in total. The van der Waals surface area contributed by atoms with Crippen LogP contribution in [0.3, 0.4) is 0 Å². The fraction of sp³-hybridized carbons (Fsp3) is 0.115. The number of sulfone groups is 1. The number of benzene rings is 4. The molecule has 0 bridgehead atoms. The molecular weight excluding hydrogens is 484 g/mol. The zero-order valence-corrected chi connectivity index (χ0v) is 20.2. The predicted molar refractivity (Wildman–Crippen MR) is 136 cm³/mol. The molecule has 0 radical (unpaired) electrons. The van der Waals surface area contributed by atoms with Crippen molar-refractivity contribution in [3.05, 3.63) is 96.1 Å². The summed E-state index contributed by atoms with van der Waals surface area (Å²) in [6.07, 6.45) is 1.18. The molecule has 35 heavy (non-hydrogen) atoms. The average molecular weight is 507 g/mol. The number of carbonyl (C=O) groups is 1. The third kappa shape index (κ3) is 4.78. The number of nitrogens with one attached hydrogen (secondary N) is 2. The van der Waals surface area contributed by atoms with E-state index in [0.717, 1.165) is 10.8 Å². The Kier molecular flexibility index (Phi) is 5.82. The number of carbonyl (C=O) groups excluding carboxylic acids is 1. The van der Waals surface area contributed by atoms with Crippen LogP contribution >= 0.6 is 0 Å². The van der Waals surface area contributed by atoms with Gasteiger partial charge in [0.2, 0.25) is 0 Å². The van der Waals surface area contributed by atoms with Gasteiger partial charge in [-0.05, 0) is 77.7 Å². The number of hydrogen-bond donors (Lipinski definition) is 2. The first-order valence-corrected chi connectivity index (χ1v) is 14.1. The second kappa shape index (κ2) is 8.83. The summed E-state index contributed by atoms with van der Waals surface area (Å²) in [7, 11) is -7.14. The Labute approximate surface area is 203 Å². The maximum atomic E-state index is 12.9. The zero-order valence-electron chi connectivity index (χ0n) is 18.6. The van der Waals surface area contributed by atoms with Gasteiger partial charge in [0, 0.05) is 16.9 Å². The van der Waals surface area contributed by atoms with E-state index >= 15 is 0 Å². The summed E-state index contributed by atoms with van der Waals surface area (Å²) in [5, 5.41) is 4.51. The Morgan fingerprint density at radius 3 is 2.43 bits per heavy atom. The SMILES string of the molecule is O=C(Nc1ccc2c(c1)CCCS2(=O)=O)c1cccc(NS(=O)(=O)c2ccc3ccccc3c2)c1. The number of anilines is 2. The van der Waals surface area contributed by atoms with E-state index in [1.54, 1.807) is 42.5 Å². The topological polar surface area (TPSA) is 109 Å². The normalized spacial score (nSPS) is 14.7. The first kappa shape index (κ1) is 23.1. The molecule has 1 aliphatic heterocycles. The van der Waals surface area contributed by atoms with Crippen LogP contribution in [0.15, 0.2) is 94.7 Å². The lowest BCUT2D eigenvalue weighted by molar-refractivity contribution is 0.102. The van der Waals surface area contributed by atoms with E-state index < -0.39 is 25.8 Å². The van der Waals surface area contributed by atoms with Crippen LogP contribution in [0.1, 0.15) is 22.3 Å². The van der Waals surface area contributed by atoms with E-state index in [4.69, 9.17) is 0 Å². The number of hydrogen-bond acceptors (Lipinski definition) is 5. The molecule has 0 saturated carbocycles. The molecule has 9 heteroatoms. The minimum absolute atomic E-state index is 0.120. The molecule has 0 atom stereocenters. The van der Waals surface area contributed by atoms with Crippen LogP contribution in [0, 0.1) is 0 Å². The van der Waals surface area contributed by atoms with Crippen LogP contribution in [-0.4, -0.2) is 28.5 Å². The van der Waals surface area contributed by atoms with Gasteiger partial charge in [-0.25, -0.2) is 16.8 Å². The van der Waals surface area contributed by atoms with Crippen LogP contribution in [0.25, 0.3) is 10.8 Å². The fourth-order valence-corrected chi connectivity index (χ4v) is 6.86. The molecule has 0 aliphatic carbocycles. The molecule has 0 saturated heterocycles.